The number of carbonyl (C=O) groups excluding carboxylic acids is 1. The fraction of sp³-hybridized carbons (Fsp3) is 0.667. The van der Waals surface area contributed by atoms with E-state index in [-0.39, 0.29) is 22.5 Å². The number of ether oxygens (including phenoxy) is 1. The quantitative estimate of drug-likeness (QED) is 0.668. The molecule has 0 radical (unpaired) electrons. The van der Waals surface area contributed by atoms with Crippen LogP contribution in [0.1, 0.15) is 49.8 Å². The minimum Gasteiger partial charge on any atom is -0.380 e. The molecule has 0 fully saturated rings. The molecule has 0 aliphatic rings. The summed E-state index contributed by atoms with van der Waals surface area (Å²) in [7, 11) is -4.05. The first kappa shape index (κ1) is 17.6. The number of nitrogens with two attached hydrogens (primary N) is 1. The van der Waals surface area contributed by atoms with Crippen LogP contribution in [0, 0.1) is 0 Å². The van der Waals surface area contributed by atoms with Crippen LogP contribution in [-0.2, 0) is 14.8 Å². The Bertz CT molecular complexity index is 594. The van der Waals surface area contributed by atoms with Gasteiger partial charge in [0.2, 0.25) is 10.0 Å². The Kier molecular flexibility index (Phi) is 5.87. The summed E-state index contributed by atoms with van der Waals surface area (Å²) in [5.74, 6) is -0.761. The Morgan fingerprint density at radius 2 is 2.05 bits per heavy atom. The van der Waals surface area contributed by atoms with Crippen molar-refractivity contribution in [3.05, 3.63) is 11.4 Å². The Hall–Kier alpha value is -1.45. The van der Waals surface area contributed by atoms with Crippen molar-refractivity contribution in [3.63, 3.8) is 0 Å². The van der Waals surface area contributed by atoms with Gasteiger partial charge in [-0.25, -0.2) is 13.6 Å². The molecule has 1 unspecified atom stereocenters. The normalized spacial score (nSPS) is 13.4. The number of sulfonamides is 1. The van der Waals surface area contributed by atoms with Gasteiger partial charge >= 0.3 is 0 Å². The summed E-state index contributed by atoms with van der Waals surface area (Å²) >= 11 is 0. The minimum atomic E-state index is -4.05. The maximum Gasteiger partial charge on any atom is 0.273 e. The summed E-state index contributed by atoms with van der Waals surface area (Å²) in [4.78, 5) is 11.9. The number of hydrogen-bond donors (Lipinski definition) is 3. The zero-order chi connectivity index (χ0) is 16.2. The van der Waals surface area contributed by atoms with Gasteiger partial charge in [-0.1, -0.05) is 13.8 Å². The molecule has 1 aromatic rings. The first-order valence-electron chi connectivity index (χ1n) is 6.68. The van der Waals surface area contributed by atoms with E-state index in [9.17, 15) is 13.2 Å². The summed E-state index contributed by atoms with van der Waals surface area (Å²) < 4.78 is 28.6. The van der Waals surface area contributed by atoms with Crippen LogP contribution in [-0.4, -0.2) is 43.8 Å². The van der Waals surface area contributed by atoms with E-state index in [1.54, 1.807) is 20.8 Å². The minimum absolute atomic E-state index is 0.159. The maximum atomic E-state index is 12.2. The number of nitrogens with one attached hydrogen (secondary N) is 2. The lowest BCUT2D eigenvalue weighted by molar-refractivity contribution is 0.0864. The standard InChI is InChI=1S/C12H22N4O4S/c1-5-20-6-8(4)14-12(17)10-11(21(13,18)19)9(7(2)3)15-16-10/h7-8H,5-6H2,1-4H3,(H,14,17)(H,15,16)(H2,13,18,19). The molecular weight excluding hydrogens is 296 g/mol. The van der Waals surface area contributed by atoms with E-state index in [4.69, 9.17) is 9.88 Å². The highest BCUT2D eigenvalue weighted by Gasteiger charge is 2.29. The zero-order valence-electron chi connectivity index (χ0n) is 12.6. The fourth-order valence-electron chi connectivity index (χ4n) is 1.81. The van der Waals surface area contributed by atoms with Gasteiger partial charge < -0.3 is 10.1 Å². The van der Waals surface area contributed by atoms with E-state index >= 15 is 0 Å². The summed E-state index contributed by atoms with van der Waals surface area (Å²) in [6.45, 7) is 8.01. The number of aromatic amines is 1. The zero-order valence-corrected chi connectivity index (χ0v) is 13.5. The molecule has 1 atom stereocenters. The highest BCUT2D eigenvalue weighted by molar-refractivity contribution is 7.89. The molecule has 0 bridgehead atoms. The second-order valence-electron chi connectivity index (χ2n) is 5.05. The second-order valence-corrected chi connectivity index (χ2v) is 6.55. The second kappa shape index (κ2) is 7.01. The number of H-pyrrole nitrogens is 1. The predicted molar refractivity (Wildman–Crippen MR) is 77.5 cm³/mol. The lowest BCUT2D eigenvalue weighted by Crippen LogP contribution is -2.37. The molecule has 0 spiro atoms. The van der Waals surface area contributed by atoms with Crippen LogP contribution < -0.4 is 10.5 Å². The highest BCUT2D eigenvalue weighted by Crippen LogP contribution is 2.23. The van der Waals surface area contributed by atoms with Crippen LogP contribution >= 0.6 is 0 Å². The molecule has 0 saturated carbocycles. The molecule has 9 heteroatoms. The van der Waals surface area contributed by atoms with Crippen LogP contribution in [0.5, 0.6) is 0 Å². The molecule has 21 heavy (non-hydrogen) atoms. The number of primary sulfonamides is 1. The molecule has 1 aromatic heterocycles. The van der Waals surface area contributed by atoms with Crippen LogP contribution in [0.2, 0.25) is 0 Å². The molecule has 0 aromatic carbocycles. The van der Waals surface area contributed by atoms with E-state index in [1.165, 1.54) is 0 Å². The van der Waals surface area contributed by atoms with Gasteiger partial charge in [0.05, 0.1) is 12.3 Å². The van der Waals surface area contributed by atoms with Crippen molar-refractivity contribution in [3.8, 4) is 0 Å². The SMILES string of the molecule is CCOCC(C)NC(=O)c1n[nH]c(C(C)C)c1S(N)(=O)=O. The van der Waals surface area contributed by atoms with Gasteiger partial charge in [-0.3, -0.25) is 9.89 Å². The summed E-state index contributed by atoms with van der Waals surface area (Å²) in [6, 6.07) is -0.273. The molecule has 1 rings (SSSR count). The Balaban J connectivity index is 3.06. The Morgan fingerprint density at radius 3 is 2.52 bits per heavy atom. The van der Waals surface area contributed by atoms with E-state index < -0.39 is 15.9 Å². The van der Waals surface area contributed by atoms with Gasteiger partial charge in [-0.05, 0) is 19.8 Å². The van der Waals surface area contributed by atoms with Crippen LogP contribution in [0.25, 0.3) is 0 Å². The van der Waals surface area contributed by atoms with E-state index in [0.717, 1.165) is 0 Å². The van der Waals surface area contributed by atoms with Crippen molar-refractivity contribution < 1.29 is 17.9 Å². The number of nitrogens with zero attached hydrogens (tertiary/aromatic N) is 1. The number of aromatic nitrogens is 2. The third-order valence-electron chi connectivity index (χ3n) is 2.77. The summed E-state index contributed by atoms with van der Waals surface area (Å²) in [5.41, 5.74) is 0.102. The smallest absolute Gasteiger partial charge is 0.273 e. The monoisotopic (exact) mass is 318 g/mol. The van der Waals surface area contributed by atoms with Crippen LogP contribution in [0.3, 0.4) is 0 Å². The highest BCUT2D eigenvalue weighted by atomic mass is 32.2. The summed E-state index contributed by atoms with van der Waals surface area (Å²) in [6.07, 6.45) is 0. The Labute approximate surface area is 124 Å². The van der Waals surface area contributed by atoms with Crippen molar-refractivity contribution in [2.75, 3.05) is 13.2 Å². The molecule has 8 nitrogen and oxygen atoms in total. The van der Waals surface area contributed by atoms with E-state index in [2.05, 4.69) is 15.5 Å². The van der Waals surface area contributed by atoms with Gasteiger partial charge in [0, 0.05) is 12.6 Å². The molecule has 120 valence electrons. The Morgan fingerprint density at radius 1 is 1.43 bits per heavy atom. The molecule has 4 N–H and O–H groups in total. The first-order valence-corrected chi connectivity index (χ1v) is 8.22. The van der Waals surface area contributed by atoms with Crippen molar-refractivity contribution in [2.45, 2.75) is 44.6 Å². The molecule has 1 heterocycles. The van der Waals surface area contributed by atoms with Crippen molar-refractivity contribution in [2.24, 2.45) is 5.14 Å². The van der Waals surface area contributed by atoms with Crippen LogP contribution in [0.4, 0.5) is 0 Å². The average molecular weight is 318 g/mol. The van der Waals surface area contributed by atoms with E-state index in [0.29, 0.717) is 18.9 Å². The largest absolute Gasteiger partial charge is 0.380 e. The van der Waals surface area contributed by atoms with Gasteiger partial charge in [0.15, 0.2) is 5.69 Å². The third kappa shape index (κ3) is 4.51. The molecule has 1 amide bonds. The predicted octanol–water partition coefficient (Wildman–Crippen LogP) is 0.335. The maximum absolute atomic E-state index is 12.2. The van der Waals surface area contributed by atoms with E-state index in [1.807, 2.05) is 6.92 Å². The van der Waals surface area contributed by atoms with Crippen molar-refractivity contribution in [1.82, 2.24) is 15.5 Å². The molecular formula is C12H22N4O4S. The van der Waals surface area contributed by atoms with Gasteiger partial charge in [0.25, 0.3) is 5.91 Å². The van der Waals surface area contributed by atoms with Gasteiger partial charge in [-0.2, -0.15) is 5.10 Å². The van der Waals surface area contributed by atoms with Crippen molar-refractivity contribution in [1.29, 1.82) is 0 Å². The molecule has 0 saturated heterocycles. The number of carbonyl (C=O) groups is 1. The lowest BCUT2D eigenvalue weighted by atomic mass is 10.1. The number of hydrogen-bond acceptors (Lipinski definition) is 5. The van der Waals surface area contributed by atoms with Crippen molar-refractivity contribution >= 4 is 15.9 Å². The number of amides is 1. The number of rotatable bonds is 7. The topological polar surface area (TPSA) is 127 Å². The van der Waals surface area contributed by atoms with Crippen LogP contribution in [0.15, 0.2) is 4.90 Å². The van der Waals surface area contributed by atoms with Gasteiger partial charge in [-0.15, -0.1) is 0 Å². The first-order chi connectivity index (χ1) is 9.68. The fourth-order valence-corrected chi connectivity index (χ4v) is 2.80. The lowest BCUT2D eigenvalue weighted by Gasteiger charge is -2.13. The molecule has 0 aliphatic carbocycles. The molecule has 0 aliphatic heterocycles. The average Bonchev–Trinajstić information content (AvgIpc) is 2.81. The summed E-state index contributed by atoms with van der Waals surface area (Å²) in [5, 5.41) is 14.2. The van der Waals surface area contributed by atoms with Gasteiger partial charge in [0.1, 0.15) is 4.90 Å². The third-order valence-corrected chi connectivity index (χ3v) is 3.76.